The second kappa shape index (κ2) is 6.40. The fourth-order valence-electron chi connectivity index (χ4n) is 1.71. The monoisotopic (exact) mass is 342 g/mol. The molecular weight excluding hydrogens is 331 g/mol. The fourth-order valence-corrected chi connectivity index (χ4v) is 2.33. The predicted octanol–water partition coefficient (Wildman–Crippen LogP) is 5.26. The molecule has 0 spiro atoms. The first-order valence-corrected chi connectivity index (χ1v) is 7.31. The van der Waals surface area contributed by atoms with Gasteiger partial charge in [-0.15, -0.1) is 0 Å². The fraction of sp³-hybridized carbons (Fsp3) is 0.200. The summed E-state index contributed by atoms with van der Waals surface area (Å²) >= 11 is 9.42. The van der Waals surface area contributed by atoms with Gasteiger partial charge in [-0.25, -0.2) is 4.39 Å². The van der Waals surface area contributed by atoms with Crippen LogP contribution in [0.25, 0.3) is 0 Å². The molecule has 0 aliphatic carbocycles. The van der Waals surface area contributed by atoms with Crippen molar-refractivity contribution in [3.8, 4) is 5.75 Å². The van der Waals surface area contributed by atoms with E-state index in [1.807, 2.05) is 25.1 Å². The highest BCUT2D eigenvalue weighted by Crippen LogP contribution is 2.22. The topological polar surface area (TPSA) is 9.23 Å². The number of benzene rings is 2. The predicted molar refractivity (Wildman–Crippen MR) is 79.6 cm³/mol. The van der Waals surface area contributed by atoms with Crippen molar-refractivity contribution in [3.05, 3.63) is 63.9 Å². The highest BCUT2D eigenvalue weighted by molar-refractivity contribution is 9.08. The molecule has 0 N–H and O–H groups in total. The number of aryl methyl sites for hydroxylation is 1. The van der Waals surface area contributed by atoms with Crippen LogP contribution in [0.15, 0.2) is 36.4 Å². The van der Waals surface area contributed by atoms with Gasteiger partial charge in [0, 0.05) is 22.0 Å². The number of alkyl halides is 1. The lowest BCUT2D eigenvalue weighted by molar-refractivity contribution is 0.304. The van der Waals surface area contributed by atoms with Crippen molar-refractivity contribution < 1.29 is 9.13 Å². The Labute approximate surface area is 125 Å². The molecule has 0 saturated carbocycles. The van der Waals surface area contributed by atoms with Crippen LogP contribution in [-0.2, 0) is 11.9 Å². The summed E-state index contributed by atoms with van der Waals surface area (Å²) in [5.74, 6) is 0.202. The molecule has 2 aromatic rings. The van der Waals surface area contributed by atoms with E-state index in [1.54, 1.807) is 6.07 Å². The summed E-state index contributed by atoms with van der Waals surface area (Å²) in [6.45, 7) is 2.30. The van der Waals surface area contributed by atoms with Crippen LogP contribution in [0.4, 0.5) is 4.39 Å². The SMILES string of the molecule is Cc1ccc(COc2cc(F)cc(CBr)c2)c(Cl)c1. The van der Waals surface area contributed by atoms with Crippen molar-refractivity contribution in [2.24, 2.45) is 0 Å². The molecule has 1 nitrogen and oxygen atoms in total. The molecule has 4 heteroatoms. The van der Waals surface area contributed by atoms with E-state index in [9.17, 15) is 4.39 Å². The first-order chi connectivity index (χ1) is 9.08. The molecule has 0 aromatic heterocycles. The molecule has 0 fully saturated rings. The summed E-state index contributed by atoms with van der Waals surface area (Å²) in [7, 11) is 0. The molecule has 0 aliphatic rings. The van der Waals surface area contributed by atoms with E-state index in [2.05, 4.69) is 15.9 Å². The van der Waals surface area contributed by atoms with E-state index in [4.69, 9.17) is 16.3 Å². The molecule has 0 amide bonds. The lowest BCUT2D eigenvalue weighted by Crippen LogP contribution is -1.97. The zero-order chi connectivity index (χ0) is 13.8. The molecular formula is C15H13BrClFO. The normalized spacial score (nSPS) is 10.5. The highest BCUT2D eigenvalue weighted by atomic mass is 79.9. The number of ether oxygens (including phenoxy) is 1. The summed E-state index contributed by atoms with van der Waals surface area (Å²) in [6.07, 6.45) is 0. The first kappa shape index (κ1) is 14.4. The van der Waals surface area contributed by atoms with Gasteiger partial charge in [-0.05, 0) is 36.2 Å². The summed E-state index contributed by atoms with van der Waals surface area (Å²) in [5.41, 5.74) is 2.82. The van der Waals surface area contributed by atoms with Crippen LogP contribution in [0.5, 0.6) is 5.75 Å². The van der Waals surface area contributed by atoms with Gasteiger partial charge in [0.25, 0.3) is 0 Å². The Hall–Kier alpha value is -1.06. The maximum Gasteiger partial charge on any atom is 0.127 e. The van der Waals surface area contributed by atoms with Crippen molar-refractivity contribution in [1.29, 1.82) is 0 Å². The third kappa shape index (κ3) is 3.95. The summed E-state index contributed by atoms with van der Waals surface area (Å²) in [6, 6.07) is 10.4. The van der Waals surface area contributed by atoms with E-state index in [0.717, 1.165) is 16.7 Å². The van der Waals surface area contributed by atoms with Gasteiger partial charge in [-0.2, -0.15) is 0 Å². The Morgan fingerprint density at radius 3 is 2.68 bits per heavy atom. The van der Waals surface area contributed by atoms with Gasteiger partial charge in [0.15, 0.2) is 0 Å². The number of hydrogen-bond donors (Lipinski definition) is 0. The number of hydrogen-bond acceptors (Lipinski definition) is 1. The van der Waals surface area contributed by atoms with Crippen molar-refractivity contribution in [3.63, 3.8) is 0 Å². The van der Waals surface area contributed by atoms with Crippen LogP contribution in [0.2, 0.25) is 5.02 Å². The van der Waals surface area contributed by atoms with Crippen LogP contribution in [0, 0.1) is 12.7 Å². The van der Waals surface area contributed by atoms with Gasteiger partial charge < -0.3 is 4.74 Å². The van der Waals surface area contributed by atoms with Crippen LogP contribution >= 0.6 is 27.5 Å². The van der Waals surface area contributed by atoms with Crippen LogP contribution in [-0.4, -0.2) is 0 Å². The third-order valence-corrected chi connectivity index (χ3v) is 3.69. The summed E-state index contributed by atoms with van der Waals surface area (Å²) < 4.78 is 18.9. The van der Waals surface area contributed by atoms with Crippen molar-refractivity contribution in [2.75, 3.05) is 0 Å². The van der Waals surface area contributed by atoms with E-state index in [0.29, 0.717) is 22.7 Å². The Morgan fingerprint density at radius 1 is 1.21 bits per heavy atom. The van der Waals surface area contributed by atoms with E-state index in [1.165, 1.54) is 12.1 Å². The average Bonchev–Trinajstić information content (AvgIpc) is 2.37. The Balaban J connectivity index is 2.12. The minimum Gasteiger partial charge on any atom is -0.489 e. The van der Waals surface area contributed by atoms with Crippen molar-refractivity contribution in [2.45, 2.75) is 18.9 Å². The minimum absolute atomic E-state index is 0.304. The highest BCUT2D eigenvalue weighted by Gasteiger charge is 2.04. The van der Waals surface area contributed by atoms with Gasteiger partial charge in [0.05, 0.1) is 0 Å². The minimum atomic E-state index is -0.304. The van der Waals surface area contributed by atoms with Gasteiger partial charge in [-0.3, -0.25) is 0 Å². The van der Waals surface area contributed by atoms with E-state index < -0.39 is 0 Å². The lowest BCUT2D eigenvalue weighted by Gasteiger charge is -2.09. The molecule has 2 rings (SSSR count). The van der Waals surface area contributed by atoms with Crippen LogP contribution in [0.3, 0.4) is 0 Å². The molecule has 0 bridgehead atoms. The van der Waals surface area contributed by atoms with Gasteiger partial charge in [0.2, 0.25) is 0 Å². The van der Waals surface area contributed by atoms with Crippen molar-refractivity contribution in [1.82, 2.24) is 0 Å². The average molecular weight is 344 g/mol. The van der Waals surface area contributed by atoms with E-state index >= 15 is 0 Å². The molecule has 0 aliphatic heterocycles. The zero-order valence-electron chi connectivity index (χ0n) is 10.4. The number of halogens is 3. The molecule has 0 atom stereocenters. The standard InChI is InChI=1S/C15H13BrClFO/c1-10-2-3-12(15(17)4-10)9-19-14-6-11(8-16)5-13(18)7-14/h2-7H,8-9H2,1H3. The van der Waals surface area contributed by atoms with Crippen LogP contribution < -0.4 is 4.74 Å². The third-order valence-electron chi connectivity index (χ3n) is 2.69. The van der Waals surface area contributed by atoms with E-state index in [-0.39, 0.29) is 5.82 Å². The summed E-state index contributed by atoms with van der Waals surface area (Å²) in [5, 5.41) is 1.25. The Kier molecular flexibility index (Phi) is 4.83. The molecule has 0 radical (unpaired) electrons. The lowest BCUT2D eigenvalue weighted by atomic mass is 10.1. The second-order valence-corrected chi connectivity index (χ2v) is 5.28. The largest absolute Gasteiger partial charge is 0.489 e. The molecule has 0 heterocycles. The van der Waals surface area contributed by atoms with Gasteiger partial charge in [-0.1, -0.05) is 39.7 Å². The molecule has 100 valence electrons. The molecule has 0 unspecified atom stereocenters. The molecule has 19 heavy (non-hydrogen) atoms. The van der Waals surface area contributed by atoms with Crippen molar-refractivity contribution >= 4 is 27.5 Å². The van der Waals surface area contributed by atoms with Gasteiger partial charge in [0.1, 0.15) is 18.2 Å². The smallest absolute Gasteiger partial charge is 0.127 e. The van der Waals surface area contributed by atoms with Gasteiger partial charge >= 0.3 is 0 Å². The Morgan fingerprint density at radius 2 is 2.00 bits per heavy atom. The van der Waals surface area contributed by atoms with Crippen LogP contribution in [0.1, 0.15) is 16.7 Å². The first-order valence-electron chi connectivity index (χ1n) is 5.82. The maximum atomic E-state index is 13.3. The maximum absolute atomic E-state index is 13.3. The number of rotatable bonds is 4. The molecule has 0 saturated heterocycles. The quantitative estimate of drug-likeness (QED) is 0.688. The molecule has 2 aromatic carbocycles. The second-order valence-electron chi connectivity index (χ2n) is 4.31. The summed E-state index contributed by atoms with van der Waals surface area (Å²) in [4.78, 5) is 0. The Bertz CT molecular complexity index is 586. The zero-order valence-corrected chi connectivity index (χ0v) is 12.8.